The van der Waals surface area contributed by atoms with Crippen LogP contribution in [0.5, 0.6) is 0 Å². The molecule has 1 aromatic rings. The van der Waals surface area contributed by atoms with E-state index in [0.717, 1.165) is 5.82 Å². The highest BCUT2D eigenvalue weighted by Crippen LogP contribution is 2.20. The Kier molecular flexibility index (Phi) is 2.61. The number of hydrogen-bond donors (Lipinski definition) is 1. The lowest BCUT2D eigenvalue weighted by atomic mass is 10.1. The molecule has 76 valence electrons. The maximum Gasteiger partial charge on any atom is 0.150 e. The van der Waals surface area contributed by atoms with Crippen molar-refractivity contribution in [2.75, 3.05) is 12.1 Å². The van der Waals surface area contributed by atoms with Crippen molar-refractivity contribution in [3.8, 4) is 6.07 Å². The molecule has 1 N–H and O–H groups in total. The van der Waals surface area contributed by atoms with Gasteiger partial charge in [0.05, 0.1) is 6.07 Å². The Morgan fingerprint density at radius 3 is 3.00 bits per heavy atom. The molecule has 15 heavy (non-hydrogen) atoms. The van der Waals surface area contributed by atoms with Crippen LogP contribution in [0.25, 0.3) is 0 Å². The topological polar surface area (TPSA) is 64.3 Å². The summed E-state index contributed by atoms with van der Waals surface area (Å²) in [6.45, 7) is 0. The smallest absolute Gasteiger partial charge is 0.150 e. The van der Waals surface area contributed by atoms with Crippen LogP contribution in [0.2, 0.25) is 0 Å². The highest BCUT2D eigenvalue weighted by molar-refractivity contribution is 5.71. The molecule has 1 aromatic heterocycles. The summed E-state index contributed by atoms with van der Waals surface area (Å²) in [7, 11) is 1.81. The fourth-order valence-corrected chi connectivity index (χ4v) is 1.55. The van der Waals surface area contributed by atoms with E-state index in [4.69, 9.17) is 5.26 Å². The Bertz CT molecular complexity index is 394. The van der Waals surface area contributed by atoms with Gasteiger partial charge in [-0.1, -0.05) is 6.07 Å². The first-order valence-corrected chi connectivity index (χ1v) is 4.68. The van der Waals surface area contributed by atoms with Crippen LogP contribution < -0.4 is 10.3 Å². The van der Waals surface area contributed by atoms with Crippen molar-refractivity contribution in [3.05, 3.63) is 24.4 Å². The number of nitrogens with zero attached hydrogens (tertiary/aromatic N) is 4. The SMILES string of the molecule is CNC1C(C#N)C=NN1c1ccccn1. The molecule has 2 heterocycles. The quantitative estimate of drug-likeness (QED) is 0.759. The standard InChI is InChI=1S/C10H11N5/c1-12-10-8(6-11)7-14-15(10)9-4-2-3-5-13-9/h2-5,7-8,10,12H,1H3. The summed E-state index contributed by atoms with van der Waals surface area (Å²) in [5.41, 5.74) is 0. The van der Waals surface area contributed by atoms with Gasteiger partial charge in [0.15, 0.2) is 0 Å². The first-order chi connectivity index (χ1) is 7.36. The van der Waals surface area contributed by atoms with Crippen molar-refractivity contribution < 1.29 is 0 Å². The summed E-state index contributed by atoms with van der Waals surface area (Å²) in [5.74, 6) is 0.503. The molecular formula is C10H11N5. The molecule has 2 rings (SSSR count). The van der Waals surface area contributed by atoms with Crippen LogP contribution in [-0.2, 0) is 0 Å². The van der Waals surface area contributed by atoms with Gasteiger partial charge in [0.1, 0.15) is 17.9 Å². The van der Waals surface area contributed by atoms with Gasteiger partial charge in [-0.2, -0.15) is 10.4 Å². The molecule has 2 atom stereocenters. The summed E-state index contributed by atoms with van der Waals surface area (Å²) in [6, 6.07) is 7.79. The zero-order valence-electron chi connectivity index (χ0n) is 8.33. The summed E-state index contributed by atoms with van der Waals surface area (Å²) >= 11 is 0. The van der Waals surface area contributed by atoms with Gasteiger partial charge in [-0.3, -0.25) is 5.32 Å². The molecule has 0 saturated carbocycles. The highest BCUT2D eigenvalue weighted by Gasteiger charge is 2.31. The van der Waals surface area contributed by atoms with Crippen LogP contribution in [0.3, 0.4) is 0 Å². The molecule has 1 aliphatic heterocycles. The fraction of sp³-hybridized carbons (Fsp3) is 0.300. The molecule has 0 bridgehead atoms. The molecule has 0 fully saturated rings. The van der Waals surface area contributed by atoms with Gasteiger partial charge in [0.25, 0.3) is 0 Å². The molecule has 0 spiro atoms. The minimum Gasteiger partial charge on any atom is -0.297 e. The number of aromatic nitrogens is 1. The van der Waals surface area contributed by atoms with Crippen LogP contribution in [0.1, 0.15) is 0 Å². The minimum atomic E-state index is -0.239. The van der Waals surface area contributed by atoms with E-state index in [0.29, 0.717) is 0 Å². The second kappa shape index (κ2) is 4.07. The average molecular weight is 201 g/mol. The van der Waals surface area contributed by atoms with E-state index in [9.17, 15) is 0 Å². The molecule has 0 aliphatic carbocycles. The van der Waals surface area contributed by atoms with Crippen LogP contribution in [-0.4, -0.2) is 24.4 Å². The largest absolute Gasteiger partial charge is 0.297 e. The molecule has 5 heteroatoms. The van der Waals surface area contributed by atoms with Gasteiger partial charge < -0.3 is 0 Å². The van der Waals surface area contributed by atoms with E-state index in [1.165, 1.54) is 0 Å². The van der Waals surface area contributed by atoms with Gasteiger partial charge in [-0.25, -0.2) is 9.99 Å². The third-order valence-electron chi connectivity index (χ3n) is 2.28. The van der Waals surface area contributed by atoms with Crippen molar-refractivity contribution in [1.82, 2.24) is 10.3 Å². The first-order valence-electron chi connectivity index (χ1n) is 4.68. The Labute approximate surface area is 88.0 Å². The second-order valence-corrected chi connectivity index (χ2v) is 3.19. The van der Waals surface area contributed by atoms with Gasteiger partial charge in [0, 0.05) is 12.4 Å². The lowest BCUT2D eigenvalue weighted by Gasteiger charge is -2.23. The third-order valence-corrected chi connectivity index (χ3v) is 2.28. The number of nitrogens with one attached hydrogen (secondary N) is 1. The van der Waals surface area contributed by atoms with Crippen LogP contribution in [0.15, 0.2) is 29.5 Å². The number of pyridine rings is 1. The molecule has 0 amide bonds. The van der Waals surface area contributed by atoms with Crippen molar-refractivity contribution >= 4 is 12.0 Å². The first kappa shape index (κ1) is 9.62. The molecule has 1 aliphatic rings. The number of nitriles is 1. The second-order valence-electron chi connectivity index (χ2n) is 3.19. The average Bonchev–Trinajstić information content (AvgIpc) is 2.72. The van der Waals surface area contributed by atoms with Crippen molar-refractivity contribution in [1.29, 1.82) is 5.26 Å². The summed E-state index contributed by atoms with van der Waals surface area (Å²) in [4.78, 5) is 4.19. The fourth-order valence-electron chi connectivity index (χ4n) is 1.55. The van der Waals surface area contributed by atoms with E-state index in [1.54, 1.807) is 24.5 Å². The summed E-state index contributed by atoms with van der Waals surface area (Å²) in [6.07, 6.45) is 3.21. The van der Waals surface area contributed by atoms with Gasteiger partial charge in [-0.05, 0) is 19.2 Å². The van der Waals surface area contributed by atoms with Gasteiger partial charge in [-0.15, -0.1) is 0 Å². The monoisotopic (exact) mass is 201 g/mol. The zero-order chi connectivity index (χ0) is 10.7. The number of rotatable bonds is 2. The maximum atomic E-state index is 8.90. The number of anilines is 1. The predicted octanol–water partition coefficient (Wildman–Crippen LogP) is 0.573. The van der Waals surface area contributed by atoms with E-state index in [2.05, 4.69) is 21.5 Å². The maximum absolute atomic E-state index is 8.90. The van der Waals surface area contributed by atoms with Crippen molar-refractivity contribution in [2.24, 2.45) is 11.0 Å². The normalized spacial score (nSPS) is 24.1. The van der Waals surface area contributed by atoms with Crippen molar-refractivity contribution in [2.45, 2.75) is 6.17 Å². The Morgan fingerprint density at radius 2 is 2.40 bits per heavy atom. The molecule has 2 unspecified atom stereocenters. The number of hydrazone groups is 1. The van der Waals surface area contributed by atoms with E-state index in [-0.39, 0.29) is 12.1 Å². The summed E-state index contributed by atoms with van der Waals surface area (Å²) < 4.78 is 0. The Hall–Kier alpha value is -1.93. The van der Waals surface area contributed by atoms with E-state index < -0.39 is 0 Å². The third kappa shape index (κ3) is 1.67. The zero-order valence-corrected chi connectivity index (χ0v) is 8.33. The van der Waals surface area contributed by atoms with Crippen LogP contribution in [0.4, 0.5) is 5.82 Å². The minimum absolute atomic E-state index is 0.134. The van der Waals surface area contributed by atoms with Crippen LogP contribution in [0, 0.1) is 17.2 Å². The number of hydrogen-bond acceptors (Lipinski definition) is 5. The van der Waals surface area contributed by atoms with Gasteiger partial charge in [0.2, 0.25) is 0 Å². The Morgan fingerprint density at radius 1 is 1.53 bits per heavy atom. The molecule has 5 nitrogen and oxygen atoms in total. The van der Waals surface area contributed by atoms with E-state index in [1.807, 2.05) is 18.2 Å². The molecule has 0 radical (unpaired) electrons. The predicted molar refractivity (Wildman–Crippen MR) is 57.2 cm³/mol. The molecule has 0 saturated heterocycles. The van der Waals surface area contributed by atoms with E-state index >= 15 is 0 Å². The highest BCUT2D eigenvalue weighted by atomic mass is 15.5. The molecule has 0 aromatic carbocycles. The molecular weight excluding hydrogens is 190 g/mol. The Balaban J connectivity index is 2.26. The van der Waals surface area contributed by atoms with Crippen LogP contribution >= 0.6 is 0 Å². The summed E-state index contributed by atoms with van der Waals surface area (Å²) in [5, 5.41) is 17.8. The lowest BCUT2D eigenvalue weighted by molar-refractivity contribution is 0.524. The van der Waals surface area contributed by atoms with Crippen molar-refractivity contribution in [3.63, 3.8) is 0 Å². The lowest BCUT2D eigenvalue weighted by Crippen LogP contribution is -2.42. The van der Waals surface area contributed by atoms with Gasteiger partial charge >= 0.3 is 0 Å².